The van der Waals surface area contributed by atoms with E-state index in [0.717, 1.165) is 11.4 Å². The molecule has 0 saturated carbocycles. The summed E-state index contributed by atoms with van der Waals surface area (Å²) in [5.41, 5.74) is 3.45. The van der Waals surface area contributed by atoms with Crippen molar-refractivity contribution in [1.82, 2.24) is 30.0 Å². The van der Waals surface area contributed by atoms with Crippen LogP contribution < -0.4 is 0 Å². The Kier molecular flexibility index (Phi) is 3.27. The number of aryl methyl sites for hydroxylation is 2. The van der Waals surface area contributed by atoms with Gasteiger partial charge in [0.1, 0.15) is 0 Å². The number of aromatic carboxylic acids is 1. The molecule has 9 heteroatoms. The third kappa shape index (κ3) is 2.51. The van der Waals surface area contributed by atoms with Gasteiger partial charge in [0.15, 0.2) is 11.3 Å². The number of benzene rings is 1. The Morgan fingerprint density at radius 3 is 2.48 bits per heavy atom. The molecule has 9 nitrogen and oxygen atoms in total. The molecule has 0 aliphatic carbocycles. The first kappa shape index (κ1) is 14.9. The molecule has 4 aromatic rings. The average Bonchev–Trinajstić information content (AvgIpc) is 3.22. The van der Waals surface area contributed by atoms with Crippen molar-refractivity contribution < 1.29 is 14.3 Å². The van der Waals surface area contributed by atoms with E-state index in [-0.39, 0.29) is 17.3 Å². The van der Waals surface area contributed by atoms with E-state index in [1.54, 1.807) is 16.6 Å². The van der Waals surface area contributed by atoms with Gasteiger partial charge in [-0.05, 0) is 38.1 Å². The number of fused-ring (bicyclic) bond motifs is 1. The largest absolute Gasteiger partial charge is 0.478 e. The summed E-state index contributed by atoms with van der Waals surface area (Å²) in [6.45, 7) is 3.72. The van der Waals surface area contributed by atoms with Gasteiger partial charge in [0.05, 0.1) is 17.0 Å². The van der Waals surface area contributed by atoms with Crippen LogP contribution >= 0.6 is 0 Å². The van der Waals surface area contributed by atoms with E-state index in [0.29, 0.717) is 16.9 Å². The number of carbonyl (C=O) groups is 1. The Hall–Kier alpha value is -3.62. The second kappa shape index (κ2) is 5.48. The summed E-state index contributed by atoms with van der Waals surface area (Å²) >= 11 is 0. The number of aromatic nitrogens is 6. The summed E-state index contributed by atoms with van der Waals surface area (Å²) in [5, 5.41) is 29.6. The lowest BCUT2D eigenvalue weighted by molar-refractivity contribution is 0.0697. The molecule has 124 valence electrons. The maximum absolute atomic E-state index is 10.9. The van der Waals surface area contributed by atoms with Crippen LogP contribution in [0.15, 0.2) is 34.7 Å². The van der Waals surface area contributed by atoms with Crippen molar-refractivity contribution in [3.8, 4) is 23.0 Å². The van der Waals surface area contributed by atoms with Gasteiger partial charge in [0.2, 0.25) is 5.89 Å². The molecule has 4 rings (SSSR count). The van der Waals surface area contributed by atoms with E-state index < -0.39 is 5.97 Å². The molecule has 0 saturated heterocycles. The van der Waals surface area contributed by atoms with Gasteiger partial charge in [-0.1, -0.05) is 0 Å². The Bertz CT molecular complexity index is 1100. The number of hydrogen-bond donors (Lipinski definition) is 1. The van der Waals surface area contributed by atoms with Gasteiger partial charge in [-0.2, -0.15) is 5.10 Å². The number of nitrogens with zero attached hydrogens (tertiary/aromatic N) is 6. The fourth-order valence-electron chi connectivity index (χ4n) is 2.47. The van der Waals surface area contributed by atoms with Crippen LogP contribution in [0, 0.1) is 13.8 Å². The lowest BCUT2D eigenvalue weighted by Crippen LogP contribution is -2.02. The van der Waals surface area contributed by atoms with E-state index in [2.05, 4.69) is 25.5 Å². The molecule has 1 aromatic carbocycles. The van der Waals surface area contributed by atoms with Crippen molar-refractivity contribution in [3.05, 3.63) is 47.3 Å². The molecule has 25 heavy (non-hydrogen) atoms. The maximum Gasteiger partial charge on any atom is 0.335 e. The zero-order valence-electron chi connectivity index (χ0n) is 13.3. The highest BCUT2D eigenvalue weighted by Crippen LogP contribution is 2.25. The van der Waals surface area contributed by atoms with Crippen LogP contribution in [0.1, 0.15) is 21.7 Å². The molecule has 0 bridgehead atoms. The third-order valence-electron chi connectivity index (χ3n) is 3.73. The first-order valence-electron chi connectivity index (χ1n) is 7.40. The molecule has 0 amide bonds. The monoisotopic (exact) mass is 336 g/mol. The van der Waals surface area contributed by atoms with Gasteiger partial charge < -0.3 is 9.52 Å². The van der Waals surface area contributed by atoms with E-state index in [1.165, 1.54) is 12.1 Å². The minimum atomic E-state index is -0.994. The van der Waals surface area contributed by atoms with Gasteiger partial charge >= 0.3 is 5.97 Å². The van der Waals surface area contributed by atoms with Gasteiger partial charge in [-0.3, -0.25) is 0 Å². The molecule has 0 unspecified atom stereocenters. The highest BCUT2D eigenvalue weighted by Gasteiger charge is 2.17. The van der Waals surface area contributed by atoms with Crippen molar-refractivity contribution in [3.63, 3.8) is 0 Å². The summed E-state index contributed by atoms with van der Waals surface area (Å²) in [6.07, 6.45) is 0. The average molecular weight is 336 g/mol. The van der Waals surface area contributed by atoms with E-state index in [9.17, 15) is 4.79 Å². The number of rotatable bonds is 3. The number of carboxylic acids is 1. The van der Waals surface area contributed by atoms with Crippen molar-refractivity contribution >= 4 is 11.6 Å². The minimum absolute atomic E-state index is 0.185. The topological polar surface area (TPSA) is 119 Å². The smallest absolute Gasteiger partial charge is 0.335 e. The minimum Gasteiger partial charge on any atom is -0.478 e. The highest BCUT2D eigenvalue weighted by atomic mass is 16.4. The standard InChI is InChI=1S/C16H12N6O3/c1-8-7-12-17-18-13(9(2)22(12)21-8)15-20-19-14(25-15)10-3-5-11(6-4-10)16(23)24/h3-7H,1-2H3,(H,23,24). The SMILES string of the molecule is Cc1cc2nnc(-c3nnc(-c4ccc(C(=O)O)cc4)o3)c(C)n2n1. The van der Waals surface area contributed by atoms with Crippen LogP contribution in [-0.2, 0) is 0 Å². The Labute approximate surface area is 141 Å². The molecule has 0 aliphatic rings. The van der Waals surface area contributed by atoms with E-state index in [4.69, 9.17) is 9.52 Å². The fraction of sp³-hybridized carbons (Fsp3) is 0.125. The van der Waals surface area contributed by atoms with Gasteiger partial charge in [-0.15, -0.1) is 20.4 Å². The summed E-state index contributed by atoms with van der Waals surface area (Å²) in [4.78, 5) is 10.9. The Morgan fingerprint density at radius 1 is 1.04 bits per heavy atom. The van der Waals surface area contributed by atoms with E-state index in [1.807, 2.05) is 19.9 Å². The molecule has 3 aromatic heterocycles. The molecular weight excluding hydrogens is 324 g/mol. The van der Waals surface area contributed by atoms with Crippen LogP contribution in [0.25, 0.3) is 28.7 Å². The lowest BCUT2D eigenvalue weighted by Gasteiger charge is -2.01. The van der Waals surface area contributed by atoms with Crippen LogP contribution in [0.5, 0.6) is 0 Å². The van der Waals surface area contributed by atoms with Crippen molar-refractivity contribution in [2.45, 2.75) is 13.8 Å². The molecule has 0 atom stereocenters. The predicted molar refractivity (Wildman–Crippen MR) is 85.9 cm³/mol. The zero-order chi connectivity index (χ0) is 17.6. The molecule has 0 fully saturated rings. The Morgan fingerprint density at radius 2 is 1.76 bits per heavy atom. The number of carboxylic acid groups (broad SMARTS) is 1. The Balaban J connectivity index is 1.74. The van der Waals surface area contributed by atoms with Crippen LogP contribution in [0.2, 0.25) is 0 Å². The molecule has 1 N–H and O–H groups in total. The quantitative estimate of drug-likeness (QED) is 0.604. The van der Waals surface area contributed by atoms with Crippen molar-refractivity contribution in [2.24, 2.45) is 0 Å². The normalized spacial score (nSPS) is 11.1. The van der Waals surface area contributed by atoms with Gasteiger partial charge in [0.25, 0.3) is 5.89 Å². The summed E-state index contributed by atoms with van der Waals surface area (Å²) in [5.74, 6) is -0.506. The van der Waals surface area contributed by atoms with E-state index >= 15 is 0 Å². The molecular formula is C16H12N6O3. The maximum atomic E-state index is 10.9. The second-order valence-corrected chi connectivity index (χ2v) is 5.48. The van der Waals surface area contributed by atoms with Gasteiger partial charge in [0, 0.05) is 11.6 Å². The molecule has 0 radical (unpaired) electrons. The van der Waals surface area contributed by atoms with Crippen LogP contribution in [0.3, 0.4) is 0 Å². The summed E-state index contributed by atoms with van der Waals surface area (Å²) in [6, 6.07) is 8.00. The third-order valence-corrected chi connectivity index (χ3v) is 3.73. The molecule has 3 heterocycles. The van der Waals surface area contributed by atoms with Crippen LogP contribution in [-0.4, -0.2) is 41.1 Å². The molecule has 0 aliphatic heterocycles. The molecule has 0 spiro atoms. The summed E-state index contributed by atoms with van der Waals surface area (Å²) in [7, 11) is 0. The van der Waals surface area contributed by atoms with Gasteiger partial charge in [-0.25, -0.2) is 9.31 Å². The first-order valence-corrected chi connectivity index (χ1v) is 7.40. The predicted octanol–water partition coefficient (Wildman–Crippen LogP) is 2.16. The van der Waals surface area contributed by atoms with Crippen LogP contribution in [0.4, 0.5) is 0 Å². The summed E-state index contributed by atoms with van der Waals surface area (Å²) < 4.78 is 7.35. The van der Waals surface area contributed by atoms with Crippen molar-refractivity contribution in [1.29, 1.82) is 0 Å². The zero-order valence-corrected chi connectivity index (χ0v) is 13.3. The first-order chi connectivity index (χ1) is 12.0. The second-order valence-electron chi connectivity index (χ2n) is 5.48. The highest BCUT2D eigenvalue weighted by molar-refractivity contribution is 5.88. The lowest BCUT2D eigenvalue weighted by atomic mass is 10.1. The fourth-order valence-corrected chi connectivity index (χ4v) is 2.47. The number of hydrogen-bond acceptors (Lipinski definition) is 7. The van der Waals surface area contributed by atoms with Crippen molar-refractivity contribution in [2.75, 3.05) is 0 Å².